The first-order valence-corrected chi connectivity index (χ1v) is 6.99. The van der Waals surface area contributed by atoms with Crippen molar-refractivity contribution in [2.45, 2.75) is 46.1 Å². The molecule has 0 aromatic carbocycles. The van der Waals surface area contributed by atoms with Crippen molar-refractivity contribution in [3.8, 4) is 0 Å². The predicted octanol–water partition coefficient (Wildman–Crippen LogP) is 2.21. The molecule has 1 heterocycles. The van der Waals surface area contributed by atoms with Gasteiger partial charge in [0.25, 0.3) is 0 Å². The summed E-state index contributed by atoms with van der Waals surface area (Å²) in [4.78, 5) is 12.0. The van der Waals surface area contributed by atoms with Gasteiger partial charge in [-0.3, -0.25) is 4.79 Å². The fourth-order valence-electron chi connectivity index (χ4n) is 2.73. The van der Waals surface area contributed by atoms with E-state index in [1.54, 1.807) is 0 Å². The minimum Gasteiger partial charge on any atom is -0.462 e. The maximum atomic E-state index is 12.0. The lowest BCUT2D eigenvalue weighted by atomic mass is 9.80. The van der Waals surface area contributed by atoms with Gasteiger partial charge in [-0.15, -0.1) is 0 Å². The van der Waals surface area contributed by atoms with Crippen molar-refractivity contribution in [3.63, 3.8) is 0 Å². The molecular formula is C14H25NO2. The van der Waals surface area contributed by atoms with Crippen molar-refractivity contribution in [2.24, 2.45) is 23.7 Å². The van der Waals surface area contributed by atoms with E-state index in [1.165, 1.54) is 6.42 Å². The number of ether oxygens (including phenoxy) is 1. The number of nitrogens with one attached hydrogen (secondary N) is 1. The van der Waals surface area contributed by atoms with E-state index in [1.807, 2.05) is 6.92 Å². The van der Waals surface area contributed by atoms with Crippen LogP contribution < -0.4 is 5.32 Å². The fourth-order valence-corrected chi connectivity index (χ4v) is 2.73. The van der Waals surface area contributed by atoms with Crippen molar-refractivity contribution < 1.29 is 9.53 Å². The highest BCUT2D eigenvalue weighted by atomic mass is 16.5. The Morgan fingerprint density at radius 1 is 1.24 bits per heavy atom. The topological polar surface area (TPSA) is 38.3 Å². The largest absolute Gasteiger partial charge is 0.462 e. The standard InChI is InChI=1S/C14H25NO2/c1-9-4-5-13(6-10(9)2)17-14(16)11(3)12-7-15-8-12/h9-13,15H,4-8H2,1-3H3. The summed E-state index contributed by atoms with van der Waals surface area (Å²) >= 11 is 0. The first-order chi connectivity index (χ1) is 8.08. The molecule has 0 aromatic rings. The number of carbonyl (C=O) groups is 1. The summed E-state index contributed by atoms with van der Waals surface area (Å²) in [5.74, 6) is 2.03. The lowest BCUT2D eigenvalue weighted by molar-refractivity contribution is -0.158. The van der Waals surface area contributed by atoms with Crippen LogP contribution in [0.1, 0.15) is 40.0 Å². The van der Waals surface area contributed by atoms with Gasteiger partial charge in [0.2, 0.25) is 0 Å². The Labute approximate surface area is 104 Å². The first kappa shape index (κ1) is 12.9. The van der Waals surface area contributed by atoms with Crippen LogP contribution in [0.15, 0.2) is 0 Å². The summed E-state index contributed by atoms with van der Waals surface area (Å²) in [7, 11) is 0. The Morgan fingerprint density at radius 2 is 1.94 bits per heavy atom. The lowest BCUT2D eigenvalue weighted by Crippen LogP contribution is -2.48. The summed E-state index contributed by atoms with van der Waals surface area (Å²) in [5, 5.41) is 3.21. The molecule has 1 saturated heterocycles. The molecule has 4 unspecified atom stereocenters. The van der Waals surface area contributed by atoms with E-state index in [-0.39, 0.29) is 18.0 Å². The van der Waals surface area contributed by atoms with E-state index >= 15 is 0 Å². The monoisotopic (exact) mass is 239 g/mol. The highest BCUT2D eigenvalue weighted by Crippen LogP contribution is 2.31. The molecule has 0 amide bonds. The van der Waals surface area contributed by atoms with E-state index in [0.29, 0.717) is 11.8 Å². The quantitative estimate of drug-likeness (QED) is 0.767. The Kier molecular flexibility index (Phi) is 4.08. The summed E-state index contributed by atoms with van der Waals surface area (Å²) in [5.41, 5.74) is 0. The molecule has 2 aliphatic rings. The lowest BCUT2D eigenvalue weighted by Gasteiger charge is -2.35. The average molecular weight is 239 g/mol. The first-order valence-electron chi connectivity index (χ1n) is 6.99. The summed E-state index contributed by atoms with van der Waals surface area (Å²) in [6.07, 6.45) is 3.46. The zero-order chi connectivity index (χ0) is 12.4. The molecule has 98 valence electrons. The van der Waals surface area contributed by atoms with Gasteiger partial charge >= 0.3 is 5.97 Å². The Hall–Kier alpha value is -0.570. The van der Waals surface area contributed by atoms with Gasteiger partial charge in [-0.2, -0.15) is 0 Å². The number of hydrogen-bond acceptors (Lipinski definition) is 3. The summed E-state index contributed by atoms with van der Waals surface area (Å²) in [6, 6.07) is 0. The molecule has 1 saturated carbocycles. The molecule has 0 spiro atoms. The molecule has 4 atom stereocenters. The number of esters is 1. The van der Waals surface area contributed by atoms with Crippen molar-refractivity contribution >= 4 is 5.97 Å². The molecule has 0 radical (unpaired) electrons. The van der Waals surface area contributed by atoms with Gasteiger partial charge < -0.3 is 10.1 Å². The van der Waals surface area contributed by atoms with Crippen LogP contribution in [0.25, 0.3) is 0 Å². The van der Waals surface area contributed by atoms with Crippen LogP contribution in [-0.4, -0.2) is 25.2 Å². The van der Waals surface area contributed by atoms with Crippen molar-refractivity contribution in [3.05, 3.63) is 0 Å². The third kappa shape index (κ3) is 3.01. The van der Waals surface area contributed by atoms with Crippen LogP contribution in [-0.2, 0) is 9.53 Å². The van der Waals surface area contributed by atoms with Gasteiger partial charge in [0.15, 0.2) is 0 Å². The Bertz CT molecular complexity index is 275. The minimum absolute atomic E-state index is 0.0169. The molecular weight excluding hydrogens is 214 g/mol. The zero-order valence-electron chi connectivity index (χ0n) is 11.2. The second-order valence-electron chi connectivity index (χ2n) is 6.03. The van der Waals surface area contributed by atoms with Gasteiger partial charge in [0.05, 0.1) is 5.92 Å². The predicted molar refractivity (Wildman–Crippen MR) is 67.6 cm³/mol. The minimum atomic E-state index is 0.0169. The zero-order valence-corrected chi connectivity index (χ0v) is 11.2. The number of carbonyl (C=O) groups excluding carboxylic acids is 1. The molecule has 3 heteroatoms. The van der Waals surface area contributed by atoms with E-state index in [9.17, 15) is 4.79 Å². The van der Waals surface area contributed by atoms with E-state index in [2.05, 4.69) is 19.2 Å². The fraction of sp³-hybridized carbons (Fsp3) is 0.929. The van der Waals surface area contributed by atoms with Crippen molar-refractivity contribution in [1.29, 1.82) is 0 Å². The van der Waals surface area contributed by atoms with Crippen molar-refractivity contribution in [2.75, 3.05) is 13.1 Å². The number of rotatable bonds is 3. The van der Waals surface area contributed by atoms with Crippen LogP contribution in [0, 0.1) is 23.7 Å². The third-order valence-electron chi connectivity index (χ3n) is 4.72. The molecule has 0 aromatic heterocycles. The van der Waals surface area contributed by atoms with Crippen LogP contribution in [0.4, 0.5) is 0 Å². The molecule has 2 fully saturated rings. The Morgan fingerprint density at radius 3 is 2.47 bits per heavy atom. The molecule has 1 N–H and O–H groups in total. The summed E-state index contributed by atoms with van der Waals surface area (Å²) in [6.45, 7) is 8.50. The van der Waals surface area contributed by atoms with Gasteiger partial charge in [0.1, 0.15) is 6.10 Å². The molecule has 2 rings (SSSR count). The molecule has 17 heavy (non-hydrogen) atoms. The average Bonchev–Trinajstić information content (AvgIpc) is 2.21. The number of hydrogen-bond donors (Lipinski definition) is 1. The maximum absolute atomic E-state index is 12.0. The van der Waals surface area contributed by atoms with Gasteiger partial charge in [-0.05, 0) is 50.1 Å². The second kappa shape index (κ2) is 5.38. The second-order valence-corrected chi connectivity index (χ2v) is 6.03. The van der Waals surface area contributed by atoms with E-state index in [0.717, 1.165) is 31.8 Å². The molecule has 1 aliphatic carbocycles. The SMILES string of the molecule is CC1CCC(OC(=O)C(C)C2CNC2)CC1C. The third-order valence-corrected chi connectivity index (χ3v) is 4.72. The van der Waals surface area contributed by atoms with E-state index < -0.39 is 0 Å². The highest BCUT2D eigenvalue weighted by molar-refractivity contribution is 5.72. The van der Waals surface area contributed by atoms with Crippen LogP contribution >= 0.6 is 0 Å². The van der Waals surface area contributed by atoms with E-state index in [4.69, 9.17) is 4.74 Å². The molecule has 1 aliphatic heterocycles. The van der Waals surface area contributed by atoms with Gasteiger partial charge in [0, 0.05) is 0 Å². The molecule has 0 bridgehead atoms. The van der Waals surface area contributed by atoms with Crippen LogP contribution in [0.5, 0.6) is 0 Å². The summed E-state index contributed by atoms with van der Waals surface area (Å²) < 4.78 is 5.66. The maximum Gasteiger partial charge on any atom is 0.309 e. The normalized spacial score (nSPS) is 36.1. The van der Waals surface area contributed by atoms with Gasteiger partial charge in [-0.25, -0.2) is 0 Å². The Balaban J connectivity index is 1.78. The van der Waals surface area contributed by atoms with Crippen LogP contribution in [0.3, 0.4) is 0 Å². The molecule has 3 nitrogen and oxygen atoms in total. The van der Waals surface area contributed by atoms with Crippen molar-refractivity contribution in [1.82, 2.24) is 5.32 Å². The highest BCUT2D eigenvalue weighted by Gasteiger charge is 2.33. The smallest absolute Gasteiger partial charge is 0.309 e. The van der Waals surface area contributed by atoms with Gasteiger partial charge in [-0.1, -0.05) is 20.8 Å². The van der Waals surface area contributed by atoms with Crippen LogP contribution in [0.2, 0.25) is 0 Å².